The number of aliphatic imine (C=N–C) groups is 1. The molecule has 10 heteroatoms. The number of carbonyl (C=O) groups excluding carboxylic acids is 2. The van der Waals surface area contributed by atoms with Crippen molar-refractivity contribution in [2.45, 2.75) is 32.6 Å². The summed E-state index contributed by atoms with van der Waals surface area (Å²) in [5.41, 5.74) is 8.14. The fourth-order valence-electron chi connectivity index (χ4n) is 7.56. The lowest BCUT2D eigenvalue weighted by Gasteiger charge is -2.20. The van der Waals surface area contributed by atoms with Gasteiger partial charge >= 0.3 is 11.9 Å². The van der Waals surface area contributed by atoms with E-state index in [0.717, 1.165) is 53.8 Å². The Bertz CT molecular complexity index is 2970. The molecular formula is C51H43N3O7. The molecule has 0 spiro atoms. The summed E-state index contributed by atoms with van der Waals surface area (Å²) in [6, 6.07) is 39.1. The molecule has 0 saturated heterocycles. The Balaban J connectivity index is 0.000000189. The number of ether oxygens (including phenoxy) is 1. The summed E-state index contributed by atoms with van der Waals surface area (Å²) < 4.78 is 5.20. The standard InChI is InChI=1S/C33H27NO3.C9H8N2.C9H8O4/c1-37-25-8-4-7-23(20-25)33(36)34-24-15-12-22(13-16-24)32(35)31-11-5-10-27-29-17-14-21-6-2-3-9-26(21)28(29)18-19-30(27)31;1-2-4-9-8(3-1)7-10-5-6-11-9;1-5-2-3-6(8(10)11)4-7(5)9(12)13/h2-4,6-9,12-16,18-20H,5,10-11,17H2,1H3,(H,34,36);1-7,11H;2-4H,1H3,(H,10,11)(H,12,13). The number of carbonyl (C=O) groups is 4. The van der Waals surface area contributed by atoms with E-state index >= 15 is 0 Å². The van der Waals surface area contributed by atoms with E-state index in [-0.39, 0.29) is 22.8 Å². The molecule has 1 amide bonds. The van der Waals surface area contributed by atoms with Gasteiger partial charge in [-0.05, 0) is 131 Å². The number of hydrogen-bond acceptors (Lipinski definition) is 7. The van der Waals surface area contributed by atoms with E-state index in [9.17, 15) is 19.2 Å². The first-order valence-corrected chi connectivity index (χ1v) is 19.8. The number of carboxylic acids is 2. The number of methoxy groups -OCH3 is 1. The zero-order valence-electron chi connectivity index (χ0n) is 33.6. The predicted octanol–water partition coefficient (Wildman–Crippen LogP) is 8.33. The zero-order chi connectivity index (χ0) is 42.9. The SMILES string of the molecule is C1=CNc2ccccc2C=N1.COc1cccc(C(=O)Nc2ccc(C(=O)C3=c4ccc5c(c4CCC3)CC=c3ccccc3=5)cc2)c1.Cc1ccc(C(=O)O)cc1C(=O)O. The second-order valence-corrected chi connectivity index (χ2v) is 14.5. The number of para-hydroxylation sites is 1. The summed E-state index contributed by atoms with van der Waals surface area (Å²) in [5.74, 6) is -1.77. The number of rotatable bonds is 7. The van der Waals surface area contributed by atoms with Crippen molar-refractivity contribution in [2.24, 2.45) is 4.99 Å². The average Bonchev–Trinajstić information content (AvgIpc) is 3.55. The lowest BCUT2D eigenvalue weighted by atomic mass is 9.84. The molecule has 0 bridgehead atoms. The fourth-order valence-corrected chi connectivity index (χ4v) is 7.56. The van der Waals surface area contributed by atoms with Crippen LogP contribution in [-0.2, 0) is 12.8 Å². The minimum atomic E-state index is -1.12. The van der Waals surface area contributed by atoms with E-state index < -0.39 is 11.9 Å². The number of nitrogens with zero attached hydrogens (tertiary/aromatic N) is 1. The Morgan fingerprint density at radius 1 is 0.705 bits per heavy atom. The molecule has 0 aromatic heterocycles. The molecule has 1 aliphatic heterocycles. The van der Waals surface area contributed by atoms with Gasteiger partial charge < -0.3 is 25.6 Å². The van der Waals surface area contributed by atoms with Crippen molar-refractivity contribution in [1.29, 1.82) is 0 Å². The molecule has 3 aliphatic rings. The van der Waals surface area contributed by atoms with Crippen LogP contribution in [0.15, 0.2) is 145 Å². The highest BCUT2D eigenvalue weighted by atomic mass is 16.5. The van der Waals surface area contributed by atoms with Crippen LogP contribution in [0, 0.1) is 17.4 Å². The second-order valence-electron chi connectivity index (χ2n) is 14.5. The molecule has 2 aliphatic carbocycles. The van der Waals surface area contributed by atoms with E-state index in [1.807, 2.05) is 36.7 Å². The number of aromatic carboxylic acids is 2. The lowest BCUT2D eigenvalue weighted by molar-refractivity contribution is 0.0695. The van der Waals surface area contributed by atoms with Gasteiger partial charge in [-0.25, -0.2) is 9.59 Å². The number of nitrogens with one attached hydrogen (secondary N) is 2. The number of ketones is 1. The summed E-state index contributed by atoms with van der Waals surface area (Å²) in [4.78, 5) is 51.4. The summed E-state index contributed by atoms with van der Waals surface area (Å²) in [6.07, 6.45) is 11.3. The molecule has 0 fully saturated rings. The monoisotopic (exact) mass is 809 g/mol. The van der Waals surface area contributed by atoms with Crippen LogP contribution in [0.3, 0.4) is 0 Å². The third-order valence-electron chi connectivity index (χ3n) is 10.7. The molecule has 0 unspecified atom stereocenters. The van der Waals surface area contributed by atoms with Gasteiger partial charge in [-0.3, -0.25) is 14.6 Å². The van der Waals surface area contributed by atoms with Crippen molar-refractivity contribution in [3.8, 4) is 5.75 Å². The first-order valence-electron chi connectivity index (χ1n) is 19.8. The predicted molar refractivity (Wildman–Crippen MR) is 238 cm³/mol. The van der Waals surface area contributed by atoms with Gasteiger partial charge in [-0.2, -0.15) is 0 Å². The van der Waals surface area contributed by atoms with Gasteiger partial charge in [0.2, 0.25) is 0 Å². The topological polar surface area (TPSA) is 154 Å². The highest BCUT2D eigenvalue weighted by Gasteiger charge is 2.21. The molecule has 0 atom stereocenters. The maximum atomic E-state index is 13.6. The van der Waals surface area contributed by atoms with Crippen molar-refractivity contribution >= 4 is 52.9 Å². The third kappa shape index (κ3) is 9.56. The summed E-state index contributed by atoms with van der Waals surface area (Å²) in [5, 5.41) is 28.2. The zero-order valence-corrected chi connectivity index (χ0v) is 33.6. The second kappa shape index (κ2) is 18.8. The number of anilines is 2. The van der Waals surface area contributed by atoms with Crippen LogP contribution >= 0.6 is 0 Å². The van der Waals surface area contributed by atoms with Crippen LogP contribution in [0.4, 0.5) is 11.4 Å². The van der Waals surface area contributed by atoms with Crippen LogP contribution in [0.1, 0.15) is 76.5 Å². The smallest absolute Gasteiger partial charge is 0.335 e. The molecule has 9 rings (SSSR count). The maximum Gasteiger partial charge on any atom is 0.335 e. The number of fused-ring (bicyclic) bond motifs is 5. The number of benzene rings is 6. The molecule has 0 saturated carbocycles. The minimum Gasteiger partial charge on any atom is -0.497 e. The first kappa shape index (κ1) is 41.3. The Hall–Kier alpha value is -7.85. The molecule has 0 radical (unpaired) electrons. The van der Waals surface area contributed by atoms with E-state index in [4.69, 9.17) is 14.9 Å². The maximum absolute atomic E-state index is 13.6. The van der Waals surface area contributed by atoms with Crippen LogP contribution in [0.2, 0.25) is 0 Å². The van der Waals surface area contributed by atoms with Crippen molar-refractivity contribution in [3.05, 3.63) is 205 Å². The first-order chi connectivity index (χ1) is 29.6. The van der Waals surface area contributed by atoms with E-state index in [0.29, 0.717) is 28.1 Å². The van der Waals surface area contributed by atoms with E-state index in [1.54, 1.807) is 68.8 Å². The third-order valence-corrected chi connectivity index (χ3v) is 10.7. The highest BCUT2D eigenvalue weighted by molar-refractivity contribution is 6.24. The van der Waals surface area contributed by atoms with Crippen LogP contribution in [0.5, 0.6) is 5.75 Å². The molecule has 6 aromatic rings. The van der Waals surface area contributed by atoms with Crippen LogP contribution < -0.4 is 25.8 Å². The van der Waals surface area contributed by atoms with Crippen LogP contribution in [-0.4, -0.2) is 47.2 Å². The van der Waals surface area contributed by atoms with Gasteiger partial charge in [0.1, 0.15) is 5.75 Å². The molecule has 6 aromatic carbocycles. The Labute approximate surface area is 352 Å². The molecule has 10 nitrogen and oxygen atoms in total. The number of Topliss-reactive ketones (excluding diaryl/α,β-unsaturated/α-hetero) is 1. The Morgan fingerprint density at radius 2 is 1.46 bits per heavy atom. The lowest BCUT2D eigenvalue weighted by Crippen LogP contribution is -2.25. The van der Waals surface area contributed by atoms with Gasteiger partial charge in [0.15, 0.2) is 5.78 Å². The van der Waals surface area contributed by atoms with Gasteiger partial charge in [-0.15, -0.1) is 0 Å². The highest BCUT2D eigenvalue weighted by Crippen LogP contribution is 2.25. The minimum absolute atomic E-state index is 0.0111. The summed E-state index contributed by atoms with van der Waals surface area (Å²) in [6.45, 7) is 1.62. The Morgan fingerprint density at radius 3 is 2.25 bits per heavy atom. The van der Waals surface area contributed by atoms with E-state index in [1.165, 1.54) is 38.9 Å². The summed E-state index contributed by atoms with van der Waals surface area (Å²) in [7, 11) is 1.57. The van der Waals surface area contributed by atoms with Crippen molar-refractivity contribution in [3.63, 3.8) is 0 Å². The molecule has 1 heterocycles. The van der Waals surface area contributed by atoms with Crippen LogP contribution in [0.25, 0.3) is 11.6 Å². The number of amides is 1. The largest absolute Gasteiger partial charge is 0.497 e. The fraction of sp³-hybridized carbons (Fsp3) is 0.118. The molecule has 304 valence electrons. The Kier molecular flexibility index (Phi) is 12.7. The molecule has 61 heavy (non-hydrogen) atoms. The van der Waals surface area contributed by atoms with Gasteiger partial charge in [0.05, 0.1) is 18.2 Å². The average molecular weight is 810 g/mol. The van der Waals surface area contributed by atoms with Gasteiger partial charge in [0.25, 0.3) is 5.91 Å². The molecular weight excluding hydrogens is 767 g/mol. The quantitative estimate of drug-likeness (QED) is 0.117. The normalized spacial score (nSPS) is 12.7. The number of hydrogen-bond donors (Lipinski definition) is 4. The van der Waals surface area contributed by atoms with Gasteiger partial charge in [0, 0.05) is 52.3 Å². The number of carboxylic acid groups (broad SMARTS) is 2. The van der Waals surface area contributed by atoms with E-state index in [2.05, 4.69) is 58.1 Å². The van der Waals surface area contributed by atoms with Crippen molar-refractivity contribution in [1.82, 2.24) is 0 Å². The van der Waals surface area contributed by atoms with Crippen molar-refractivity contribution in [2.75, 3.05) is 17.7 Å². The van der Waals surface area contributed by atoms with Crippen molar-refractivity contribution < 1.29 is 34.1 Å². The van der Waals surface area contributed by atoms with Gasteiger partial charge in [-0.1, -0.05) is 72.8 Å². The molecule has 4 N–H and O–H groups in total. The summed E-state index contributed by atoms with van der Waals surface area (Å²) >= 11 is 0. The number of aryl methyl sites for hydroxylation is 1.